The Kier molecular flexibility index (Phi) is 5.16. The maximum absolute atomic E-state index is 13.2. The highest BCUT2D eigenvalue weighted by Crippen LogP contribution is 2.57. The fourth-order valence-corrected chi connectivity index (χ4v) is 8.93. The molecule has 0 spiro atoms. The topological polar surface area (TPSA) is 78.5 Å². The van der Waals surface area contributed by atoms with Gasteiger partial charge in [-0.3, -0.25) is 4.79 Å². The van der Waals surface area contributed by atoms with Crippen molar-refractivity contribution in [3.05, 3.63) is 30.1 Å². The number of hydrogen-bond acceptors (Lipinski definition) is 5. The summed E-state index contributed by atoms with van der Waals surface area (Å²) in [6.45, 7) is 1.13. The molecule has 2 unspecified atom stereocenters. The van der Waals surface area contributed by atoms with Gasteiger partial charge in [0, 0.05) is 23.4 Å². The van der Waals surface area contributed by atoms with E-state index in [9.17, 15) is 17.6 Å². The number of hydrogen-bond donors (Lipinski definition) is 2. The van der Waals surface area contributed by atoms with Gasteiger partial charge in [0.25, 0.3) is 0 Å². The van der Waals surface area contributed by atoms with Crippen molar-refractivity contribution in [1.29, 1.82) is 0 Å². The number of carbonyl (C=O) groups is 1. The van der Waals surface area contributed by atoms with E-state index in [2.05, 4.69) is 10.0 Å². The Hall–Kier alpha value is -1.16. The Morgan fingerprint density at radius 2 is 1.80 bits per heavy atom. The molecule has 2 N–H and O–H groups in total. The molecule has 5 fully saturated rings. The third-order valence-electron chi connectivity index (χ3n) is 7.26. The molecule has 2 atom stereocenters. The van der Waals surface area contributed by atoms with Crippen molar-refractivity contribution in [1.82, 2.24) is 14.9 Å². The van der Waals surface area contributed by atoms with Crippen LogP contribution in [0.15, 0.2) is 29.2 Å². The first-order valence-electron chi connectivity index (χ1n) is 10.7. The van der Waals surface area contributed by atoms with Crippen LogP contribution in [-0.2, 0) is 14.8 Å². The standard InChI is InChI=1S/C21H28FN3O3S2/c22-17-1-3-18(4-2-17)30(27,28)24-21-10-15-7-16(11-21)9-20(8-15,13-21)23-12-19(26)25-5-6-29-14-25/h1-4,15-16,23-24H,5-14H2. The molecule has 0 aromatic heterocycles. The van der Waals surface area contributed by atoms with Crippen LogP contribution in [0.25, 0.3) is 0 Å². The lowest BCUT2D eigenvalue weighted by molar-refractivity contribution is -0.130. The van der Waals surface area contributed by atoms with Gasteiger partial charge in [-0.25, -0.2) is 17.5 Å². The van der Waals surface area contributed by atoms with Crippen LogP contribution < -0.4 is 10.0 Å². The summed E-state index contributed by atoms with van der Waals surface area (Å²) in [5.41, 5.74) is -0.672. The Balaban J connectivity index is 1.33. The number of amides is 1. The second-order valence-corrected chi connectivity index (χ2v) is 12.4. The molecule has 4 saturated carbocycles. The van der Waals surface area contributed by atoms with Crippen LogP contribution in [-0.4, -0.2) is 55.0 Å². The van der Waals surface area contributed by atoms with Crippen molar-refractivity contribution in [2.75, 3.05) is 24.7 Å². The van der Waals surface area contributed by atoms with Gasteiger partial charge in [-0.05, 0) is 74.6 Å². The maximum atomic E-state index is 13.2. The van der Waals surface area contributed by atoms with E-state index in [0.29, 0.717) is 24.8 Å². The third-order valence-corrected chi connectivity index (χ3v) is 9.82. The van der Waals surface area contributed by atoms with E-state index in [1.54, 1.807) is 11.8 Å². The van der Waals surface area contributed by atoms with Gasteiger partial charge in [0.2, 0.25) is 15.9 Å². The summed E-state index contributed by atoms with van der Waals surface area (Å²) in [4.78, 5) is 14.6. The molecule has 30 heavy (non-hydrogen) atoms. The number of thioether (sulfide) groups is 1. The summed E-state index contributed by atoms with van der Waals surface area (Å²) in [6.07, 6.45) is 5.53. The highest BCUT2D eigenvalue weighted by molar-refractivity contribution is 7.99. The number of benzene rings is 1. The van der Waals surface area contributed by atoms with Crippen LogP contribution in [0.1, 0.15) is 38.5 Å². The number of nitrogens with zero attached hydrogens (tertiary/aromatic N) is 1. The smallest absolute Gasteiger partial charge is 0.241 e. The van der Waals surface area contributed by atoms with E-state index in [4.69, 9.17) is 0 Å². The Bertz CT molecular complexity index is 917. The average molecular weight is 454 g/mol. The Morgan fingerprint density at radius 3 is 2.43 bits per heavy atom. The highest BCUT2D eigenvalue weighted by atomic mass is 32.2. The second kappa shape index (κ2) is 7.46. The summed E-state index contributed by atoms with van der Waals surface area (Å²) >= 11 is 1.78. The monoisotopic (exact) mass is 453 g/mol. The van der Waals surface area contributed by atoms with E-state index >= 15 is 0 Å². The van der Waals surface area contributed by atoms with Gasteiger partial charge in [-0.15, -0.1) is 11.8 Å². The number of halogens is 1. The van der Waals surface area contributed by atoms with Gasteiger partial charge >= 0.3 is 0 Å². The molecule has 4 aliphatic carbocycles. The molecule has 4 bridgehead atoms. The lowest BCUT2D eigenvalue weighted by Crippen LogP contribution is -2.69. The van der Waals surface area contributed by atoms with Gasteiger partial charge in [-0.1, -0.05) is 0 Å². The van der Waals surface area contributed by atoms with Gasteiger partial charge in [0.15, 0.2) is 0 Å². The second-order valence-electron chi connectivity index (χ2n) is 9.63. The number of sulfonamides is 1. The fourth-order valence-electron chi connectivity index (χ4n) is 6.53. The van der Waals surface area contributed by atoms with Crippen molar-refractivity contribution >= 4 is 27.7 Å². The number of carbonyl (C=O) groups excluding carboxylic acids is 1. The SMILES string of the molecule is O=C(CNC12CC3CC(C1)CC(NS(=O)(=O)c1ccc(F)cc1)(C3)C2)N1CCSC1. The molecule has 1 heterocycles. The van der Waals surface area contributed by atoms with Crippen LogP contribution in [0, 0.1) is 17.7 Å². The predicted molar refractivity (Wildman–Crippen MR) is 114 cm³/mol. The van der Waals surface area contributed by atoms with Crippen LogP contribution in [0.2, 0.25) is 0 Å². The summed E-state index contributed by atoms with van der Waals surface area (Å²) < 4.78 is 42.4. The molecule has 0 radical (unpaired) electrons. The molecule has 5 aliphatic rings. The zero-order valence-corrected chi connectivity index (χ0v) is 18.5. The van der Waals surface area contributed by atoms with E-state index < -0.39 is 21.4 Å². The zero-order chi connectivity index (χ0) is 21.0. The third kappa shape index (κ3) is 3.89. The van der Waals surface area contributed by atoms with Crippen LogP contribution in [0.4, 0.5) is 4.39 Å². The highest BCUT2D eigenvalue weighted by Gasteiger charge is 2.58. The number of nitrogens with one attached hydrogen (secondary N) is 2. The minimum absolute atomic E-state index is 0.100. The molecule has 1 aliphatic heterocycles. The van der Waals surface area contributed by atoms with Crippen molar-refractivity contribution in [3.63, 3.8) is 0 Å². The quantitative estimate of drug-likeness (QED) is 0.691. The predicted octanol–water partition coefficient (Wildman–Crippen LogP) is 2.32. The first kappa shape index (κ1) is 20.7. The molecule has 1 saturated heterocycles. The van der Waals surface area contributed by atoms with Gasteiger partial charge in [0.1, 0.15) is 5.82 Å². The summed E-state index contributed by atoms with van der Waals surface area (Å²) in [5.74, 6) is 2.37. The maximum Gasteiger partial charge on any atom is 0.241 e. The van der Waals surface area contributed by atoms with Crippen molar-refractivity contribution in [3.8, 4) is 0 Å². The molecular formula is C21H28FN3O3S2. The zero-order valence-electron chi connectivity index (χ0n) is 16.9. The lowest BCUT2D eigenvalue weighted by atomic mass is 9.50. The largest absolute Gasteiger partial charge is 0.332 e. The first-order chi connectivity index (χ1) is 14.3. The minimum Gasteiger partial charge on any atom is -0.332 e. The van der Waals surface area contributed by atoms with Gasteiger partial charge < -0.3 is 10.2 Å². The lowest BCUT2D eigenvalue weighted by Gasteiger charge is -2.62. The molecular weight excluding hydrogens is 425 g/mol. The molecule has 1 amide bonds. The van der Waals surface area contributed by atoms with E-state index in [0.717, 1.165) is 50.3 Å². The molecule has 9 heteroatoms. The molecule has 1 aromatic carbocycles. The molecule has 1 aromatic rings. The normalized spacial score (nSPS) is 35.2. The molecule has 6 nitrogen and oxygen atoms in total. The first-order valence-corrected chi connectivity index (χ1v) is 13.3. The average Bonchev–Trinajstić information content (AvgIpc) is 3.19. The van der Waals surface area contributed by atoms with E-state index in [1.165, 1.54) is 24.3 Å². The van der Waals surface area contributed by atoms with E-state index in [1.807, 2.05) is 4.90 Å². The van der Waals surface area contributed by atoms with Crippen molar-refractivity contribution in [2.45, 2.75) is 54.5 Å². The van der Waals surface area contributed by atoms with Crippen LogP contribution in [0.5, 0.6) is 0 Å². The summed E-state index contributed by atoms with van der Waals surface area (Å²) in [6, 6.07) is 5.00. The van der Waals surface area contributed by atoms with Crippen molar-refractivity contribution < 1.29 is 17.6 Å². The summed E-state index contributed by atoms with van der Waals surface area (Å²) in [7, 11) is -3.73. The minimum atomic E-state index is -3.73. The molecule has 164 valence electrons. The van der Waals surface area contributed by atoms with Crippen LogP contribution in [0.3, 0.4) is 0 Å². The summed E-state index contributed by atoms with van der Waals surface area (Å²) in [5, 5.41) is 3.58. The fraction of sp³-hybridized carbons (Fsp3) is 0.667. The van der Waals surface area contributed by atoms with Crippen molar-refractivity contribution in [2.24, 2.45) is 11.8 Å². The molecule has 6 rings (SSSR count). The van der Waals surface area contributed by atoms with E-state index in [-0.39, 0.29) is 16.3 Å². The van der Waals surface area contributed by atoms with Gasteiger partial charge in [0.05, 0.1) is 17.3 Å². The Labute approximate surface area is 181 Å². The van der Waals surface area contributed by atoms with Gasteiger partial charge in [-0.2, -0.15) is 0 Å². The number of rotatable bonds is 6. The Morgan fingerprint density at radius 1 is 1.13 bits per heavy atom. The van der Waals surface area contributed by atoms with Crippen LogP contribution >= 0.6 is 11.8 Å².